The van der Waals surface area contributed by atoms with Crippen molar-refractivity contribution in [3.05, 3.63) is 16.4 Å². The summed E-state index contributed by atoms with van der Waals surface area (Å²) in [6, 6.07) is 0.463. The van der Waals surface area contributed by atoms with Gasteiger partial charge >= 0.3 is 0 Å². The molecular weight excluding hydrogens is 322 g/mol. The highest BCUT2D eigenvalue weighted by atomic mass is 35.5. The third kappa shape index (κ3) is 4.34. The highest BCUT2D eigenvalue weighted by Gasteiger charge is 2.31. The van der Waals surface area contributed by atoms with Gasteiger partial charge in [-0.1, -0.05) is 25.4 Å². The second-order valence-electron chi connectivity index (χ2n) is 5.65. The molecule has 0 amide bonds. The van der Waals surface area contributed by atoms with Gasteiger partial charge in [0.25, 0.3) is 0 Å². The van der Waals surface area contributed by atoms with E-state index in [-0.39, 0.29) is 0 Å². The van der Waals surface area contributed by atoms with Crippen LogP contribution in [0.25, 0.3) is 0 Å². The van der Waals surface area contributed by atoms with Gasteiger partial charge in [-0.25, -0.2) is 0 Å². The van der Waals surface area contributed by atoms with E-state index in [9.17, 15) is 0 Å². The maximum absolute atomic E-state index is 6.44. The SMILES string of the molecule is CCCNC(Cc1c(Cl)c(C)nn1C)C1SCCSC1C. The molecule has 3 nitrogen and oxygen atoms in total. The Labute approximate surface area is 142 Å². The van der Waals surface area contributed by atoms with Crippen molar-refractivity contribution in [1.82, 2.24) is 15.1 Å². The van der Waals surface area contributed by atoms with Crippen LogP contribution in [0.5, 0.6) is 0 Å². The Hall–Kier alpha value is 0.160. The van der Waals surface area contributed by atoms with E-state index in [0.29, 0.717) is 16.5 Å². The van der Waals surface area contributed by atoms with Crippen LogP contribution in [-0.4, -0.2) is 44.4 Å². The number of rotatable bonds is 6. The van der Waals surface area contributed by atoms with Crippen molar-refractivity contribution >= 4 is 35.1 Å². The lowest BCUT2D eigenvalue weighted by Gasteiger charge is -2.35. The molecular formula is C15H26ClN3S2. The van der Waals surface area contributed by atoms with E-state index in [2.05, 4.69) is 47.8 Å². The number of thioether (sulfide) groups is 2. The van der Waals surface area contributed by atoms with E-state index >= 15 is 0 Å². The van der Waals surface area contributed by atoms with E-state index in [1.165, 1.54) is 11.5 Å². The van der Waals surface area contributed by atoms with Crippen molar-refractivity contribution in [2.24, 2.45) is 7.05 Å². The summed E-state index contributed by atoms with van der Waals surface area (Å²) in [5.41, 5.74) is 2.09. The Morgan fingerprint density at radius 1 is 1.43 bits per heavy atom. The van der Waals surface area contributed by atoms with Gasteiger partial charge in [-0.2, -0.15) is 28.6 Å². The first kappa shape index (κ1) is 17.5. The summed E-state index contributed by atoms with van der Waals surface area (Å²) in [5.74, 6) is 2.52. The molecule has 0 saturated carbocycles. The molecule has 0 bridgehead atoms. The smallest absolute Gasteiger partial charge is 0.0847 e. The number of nitrogens with zero attached hydrogens (tertiary/aromatic N) is 2. The molecule has 2 heterocycles. The van der Waals surface area contributed by atoms with Crippen LogP contribution in [0.3, 0.4) is 0 Å². The monoisotopic (exact) mass is 347 g/mol. The van der Waals surface area contributed by atoms with Crippen LogP contribution in [-0.2, 0) is 13.5 Å². The molecule has 3 unspecified atom stereocenters. The van der Waals surface area contributed by atoms with Crippen LogP contribution < -0.4 is 5.32 Å². The third-order valence-corrected chi connectivity index (χ3v) is 7.71. The van der Waals surface area contributed by atoms with Gasteiger partial charge in [-0.3, -0.25) is 4.68 Å². The summed E-state index contributed by atoms with van der Waals surface area (Å²) in [4.78, 5) is 0. The lowest BCUT2D eigenvalue weighted by molar-refractivity contribution is 0.474. The second-order valence-corrected chi connectivity index (χ2v) is 8.79. The highest BCUT2D eigenvalue weighted by molar-refractivity contribution is 8.07. The number of aromatic nitrogens is 2. The maximum atomic E-state index is 6.44. The summed E-state index contributed by atoms with van der Waals surface area (Å²) in [7, 11) is 2.00. The molecule has 0 aliphatic carbocycles. The summed E-state index contributed by atoms with van der Waals surface area (Å²) in [6.45, 7) is 7.62. The van der Waals surface area contributed by atoms with E-state index in [4.69, 9.17) is 11.6 Å². The lowest BCUT2D eigenvalue weighted by atomic mass is 10.0. The second kappa shape index (κ2) is 8.14. The molecule has 1 aliphatic rings. The van der Waals surface area contributed by atoms with Crippen molar-refractivity contribution in [3.8, 4) is 0 Å². The average Bonchev–Trinajstić information content (AvgIpc) is 2.70. The van der Waals surface area contributed by atoms with Crippen LogP contribution in [0.15, 0.2) is 0 Å². The number of hydrogen-bond donors (Lipinski definition) is 1. The lowest BCUT2D eigenvalue weighted by Crippen LogP contribution is -2.46. The first-order valence-corrected chi connectivity index (χ1v) is 10.2. The van der Waals surface area contributed by atoms with Crippen molar-refractivity contribution < 1.29 is 0 Å². The summed E-state index contributed by atoms with van der Waals surface area (Å²) in [6.07, 6.45) is 2.12. The Bertz CT molecular complexity index is 464. The highest BCUT2D eigenvalue weighted by Crippen LogP contribution is 2.34. The molecule has 1 fully saturated rings. The number of nitrogens with one attached hydrogen (secondary N) is 1. The topological polar surface area (TPSA) is 29.9 Å². The normalized spacial score (nSPS) is 24.2. The fourth-order valence-electron chi connectivity index (χ4n) is 2.84. The number of hydrogen-bond acceptors (Lipinski definition) is 4. The molecule has 0 spiro atoms. The zero-order valence-electron chi connectivity index (χ0n) is 13.4. The molecule has 21 heavy (non-hydrogen) atoms. The Morgan fingerprint density at radius 2 is 2.14 bits per heavy atom. The molecule has 1 N–H and O–H groups in total. The first-order valence-electron chi connectivity index (χ1n) is 7.69. The van der Waals surface area contributed by atoms with Crippen LogP contribution in [0.2, 0.25) is 5.02 Å². The zero-order valence-corrected chi connectivity index (χ0v) is 15.7. The Balaban J connectivity index is 2.15. The minimum atomic E-state index is 0.463. The van der Waals surface area contributed by atoms with Gasteiger partial charge in [-0.05, 0) is 19.9 Å². The molecule has 6 heteroatoms. The Kier molecular flexibility index (Phi) is 6.79. The molecule has 0 radical (unpaired) electrons. The maximum Gasteiger partial charge on any atom is 0.0847 e. The van der Waals surface area contributed by atoms with Gasteiger partial charge in [0.2, 0.25) is 0 Å². The third-order valence-electron chi connectivity index (χ3n) is 3.97. The molecule has 1 aromatic heterocycles. The van der Waals surface area contributed by atoms with Gasteiger partial charge in [0.05, 0.1) is 16.4 Å². The van der Waals surface area contributed by atoms with E-state index in [1.807, 2.05) is 18.7 Å². The van der Waals surface area contributed by atoms with Crippen LogP contribution >= 0.6 is 35.1 Å². The molecule has 2 rings (SSSR count). The molecule has 1 saturated heterocycles. The largest absolute Gasteiger partial charge is 0.312 e. The predicted octanol–water partition coefficient (Wildman–Crippen LogP) is 3.53. The molecule has 3 atom stereocenters. The minimum absolute atomic E-state index is 0.463. The molecule has 0 aromatic carbocycles. The average molecular weight is 348 g/mol. The van der Waals surface area contributed by atoms with Crippen molar-refractivity contribution in [3.63, 3.8) is 0 Å². The van der Waals surface area contributed by atoms with Crippen molar-refractivity contribution in [2.45, 2.75) is 50.2 Å². The van der Waals surface area contributed by atoms with Crippen molar-refractivity contribution in [2.75, 3.05) is 18.1 Å². The summed E-state index contributed by atoms with van der Waals surface area (Å²) >= 11 is 10.7. The summed E-state index contributed by atoms with van der Waals surface area (Å²) in [5, 5.41) is 10.4. The molecule has 1 aromatic rings. The van der Waals surface area contributed by atoms with E-state index in [0.717, 1.165) is 35.8 Å². The van der Waals surface area contributed by atoms with Gasteiger partial charge in [0.15, 0.2) is 0 Å². The van der Waals surface area contributed by atoms with Gasteiger partial charge in [0.1, 0.15) is 0 Å². The minimum Gasteiger partial charge on any atom is -0.312 e. The van der Waals surface area contributed by atoms with E-state index < -0.39 is 0 Å². The van der Waals surface area contributed by atoms with Gasteiger partial charge in [-0.15, -0.1) is 0 Å². The first-order chi connectivity index (χ1) is 10.0. The molecule has 120 valence electrons. The van der Waals surface area contributed by atoms with Crippen molar-refractivity contribution in [1.29, 1.82) is 0 Å². The molecule has 1 aliphatic heterocycles. The zero-order chi connectivity index (χ0) is 15.4. The summed E-state index contributed by atoms with van der Waals surface area (Å²) < 4.78 is 1.95. The predicted molar refractivity (Wildman–Crippen MR) is 96.9 cm³/mol. The van der Waals surface area contributed by atoms with Crippen LogP contribution in [0, 0.1) is 6.92 Å². The van der Waals surface area contributed by atoms with Gasteiger partial charge in [0, 0.05) is 41.5 Å². The Morgan fingerprint density at radius 3 is 2.71 bits per heavy atom. The quantitative estimate of drug-likeness (QED) is 0.852. The van der Waals surface area contributed by atoms with Gasteiger partial charge < -0.3 is 5.32 Å². The van der Waals surface area contributed by atoms with Crippen LogP contribution in [0.1, 0.15) is 31.7 Å². The number of halogens is 1. The fraction of sp³-hybridized carbons (Fsp3) is 0.800. The fourth-order valence-corrected chi connectivity index (χ4v) is 6.03. The van der Waals surface area contributed by atoms with E-state index in [1.54, 1.807) is 0 Å². The standard InChI is InChI=1S/C15H26ClN3S2/c1-5-6-17-12(15-11(3)20-7-8-21-15)9-13-14(16)10(2)18-19(13)4/h11-12,15,17H,5-9H2,1-4H3. The number of aryl methyl sites for hydroxylation is 2. The van der Waals surface area contributed by atoms with Crippen LogP contribution in [0.4, 0.5) is 0 Å².